The Morgan fingerprint density at radius 3 is 2.42 bits per heavy atom. The van der Waals surface area contributed by atoms with Crippen LogP contribution in [0.5, 0.6) is 5.75 Å². The van der Waals surface area contributed by atoms with E-state index >= 15 is 0 Å². The van der Waals surface area contributed by atoms with Crippen molar-refractivity contribution in [3.05, 3.63) is 52.1 Å². The van der Waals surface area contributed by atoms with Gasteiger partial charge in [0.15, 0.2) is 0 Å². The van der Waals surface area contributed by atoms with Gasteiger partial charge in [-0.25, -0.2) is 0 Å². The van der Waals surface area contributed by atoms with Gasteiger partial charge in [0.2, 0.25) is 0 Å². The van der Waals surface area contributed by atoms with E-state index in [1.54, 1.807) is 0 Å². The molecule has 1 aromatic rings. The topological polar surface area (TPSA) is 27.7 Å². The van der Waals surface area contributed by atoms with Crippen molar-refractivity contribution >= 4 is 30.7 Å². The normalized spacial score (nSPS) is 38.8. The Morgan fingerprint density at radius 2 is 1.79 bits per heavy atom. The molecule has 4 rings (SSSR count). The molecule has 2 fully saturated rings. The van der Waals surface area contributed by atoms with Crippen LogP contribution < -0.4 is 4.74 Å². The van der Waals surface area contributed by atoms with Crippen molar-refractivity contribution in [2.45, 2.75) is 79.2 Å². The van der Waals surface area contributed by atoms with Crippen LogP contribution in [0.15, 0.2) is 48.6 Å². The standard InChI is InChI=1S/C33H51IO3Si/c1-10-32(5)19-24(4)29-28(27(32)20-36-21-35-15-16-38(7,8)9)31(37-26-13-11-25(34)12-14-26)30-23(3)17-22(2)18-33(29,30)6/h10-14,19,22-23,27-31H,1,15-18,20-21H2,2-9H3/t22-,23+,27-,28-,29-,30+,31+,32+,33+/m0/s1. The predicted octanol–water partition coefficient (Wildman–Crippen LogP) is 9.07. The molecule has 3 aliphatic rings. The van der Waals surface area contributed by atoms with E-state index in [-0.39, 0.29) is 22.9 Å². The first kappa shape index (κ1) is 30.3. The number of benzene rings is 1. The zero-order valence-corrected chi connectivity index (χ0v) is 28.2. The van der Waals surface area contributed by atoms with Gasteiger partial charge in [-0.1, -0.05) is 65.1 Å². The Hall–Kier alpha value is -0.633. The third kappa shape index (κ3) is 6.16. The van der Waals surface area contributed by atoms with Gasteiger partial charge in [-0.05, 0) is 95.8 Å². The van der Waals surface area contributed by atoms with Gasteiger partial charge >= 0.3 is 0 Å². The van der Waals surface area contributed by atoms with Crippen molar-refractivity contribution in [3.63, 3.8) is 0 Å². The molecule has 2 saturated carbocycles. The van der Waals surface area contributed by atoms with Gasteiger partial charge in [0.1, 0.15) is 18.6 Å². The summed E-state index contributed by atoms with van der Waals surface area (Å²) < 4.78 is 20.6. The second kappa shape index (κ2) is 11.7. The molecule has 5 heteroatoms. The van der Waals surface area contributed by atoms with Gasteiger partial charge in [0, 0.05) is 41.4 Å². The molecule has 0 heterocycles. The van der Waals surface area contributed by atoms with Crippen LogP contribution in [0.2, 0.25) is 25.7 Å². The summed E-state index contributed by atoms with van der Waals surface area (Å²) in [6.07, 6.45) is 7.36. The summed E-state index contributed by atoms with van der Waals surface area (Å²) in [5.74, 6) is 4.00. The zero-order chi connectivity index (χ0) is 27.9. The van der Waals surface area contributed by atoms with Gasteiger partial charge in [0.05, 0.1) is 6.61 Å². The largest absolute Gasteiger partial charge is 0.490 e. The maximum atomic E-state index is 7.09. The quantitative estimate of drug-likeness (QED) is 0.0832. The Labute approximate surface area is 247 Å². The van der Waals surface area contributed by atoms with Crippen LogP contribution in [0.4, 0.5) is 0 Å². The van der Waals surface area contributed by atoms with Crippen LogP contribution in [-0.4, -0.2) is 34.2 Å². The molecule has 212 valence electrons. The molecule has 38 heavy (non-hydrogen) atoms. The summed E-state index contributed by atoms with van der Waals surface area (Å²) in [6, 6.07) is 9.79. The van der Waals surface area contributed by atoms with E-state index in [9.17, 15) is 0 Å². The molecule has 1 aromatic carbocycles. The van der Waals surface area contributed by atoms with Crippen LogP contribution in [0, 0.1) is 49.9 Å². The van der Waals surface area contributed by atoms with E-state index < -0.39 is 8.07 Å². The molecule has 0 saturated heterocycles. The first-order valence-electron chi connectivity index (χ1n) is 14.7. The predicted molar refractivity (Wildman–Crippen MR) is 170 cm³/mol. The van der Waals surface area contributed by atoms with E-state index in [1.807, 2.05) is 0 Å². The van der Waals surface area contributed by atoms with E-state index in [1.165, 1.54) is 28.0 Å². The molecule has 0 N–H and O–H groups in total. The minimum Gasteiger partial charge on any atom is -0.490 e. The van der Waals surface area contributed by atoms with Crippen molar-refractivity contribution in [3.8, 4) is 5.75 Å². The fourth-order valence-corrected chi connectivity index (χ4v) is 9.80. The van der Waals surface area contributed by atoms with Crippen LogP contribution in [0.1, 0.15) is 47.5 Å². The molecule has 9 atom stereocenters. The molecule has 0 unspecified atom stereocenters. The summed E-state index contributed by atoms with van der Waals surface area (Å²) in [5.41, 5.74) is 1.59. The Bertz CT molecular complexity index is 1000. The molecule has 0 aromatic heterocycles. The lowest BCUT2D eigenvalue weighted by atomic mass is 9.54. The molecule has 0 aliphatic heterocycles. The van der Waals surface area contributed by atoms with E-state index in [0.29, 0.717) is 37.1 Å². The first-order valence-corrected chi connectivity index (χ1v) is 19.5. The Balaban J connectivity index is 1.66. The summed E-state index contributed by atoms with van der Waals surface area (Å²) in [7, 11) is -1.11. The van der Waals surface area contributed by atoms with Crippen molar-refractivity contribution in [2.75, 3.05) is 20.0 Å². The summed E-state index contributed by atoms with van der Waals surface area (Å²) >= 11 is 2.37. The molecule has 0 spiro atoms. The highest BCUT2D eigenvalue weighted by molar-refractivity contribution is 14.1. The highest BCUT2D eigenvalue weighted by Crippen LogP contribution is 2.68. The average molecular weight is 651 g/mol. The lowest BCUT2D eigenvalue weighted by Crippen LogP contribution is -2.46. The van der Waals surface area contributed by atoms with Crippen LogP contribution in [0.3, 0.4) is 0 Å². The fraction of sp³-hybridized carbons (Fsp3) is 0.697. The average Bonchev–Trinajstić information content (AvgIpc) is 3.07. The molecular formula is C33H51IO3Si. The van der Waals surface area contributed by atoms with Crippen LogP contribution in [-0.2, 0) is 9.47 Å². The second-order valence-electron chi connectivity index (χ2n) is 14.4. The van der Waals surface area contributed by atoms with Crippen LogP contribution >= 0.6 is 22.6 Å². The summed E-state index contributed by atoms with van der Waals surface area (Å²) in [5, 5.41) is 0. The second-order valence-corrected chi connectivity index (χ2v) is 21.3. The Kier molecular flexibility index (Phi) is 9.33. The van der Waals surface area contributed by atoms with Gasteiger partial charge < -0.3 is 14.2 Å². The third-order valence-electron chi connectivity index (χ3n) is 10.0. The van der Waals surface area contributed by atoms with Gasteiger partial charge in [-0.3, -0.25) is 0 Å². The number of allylic oxidation sites excluding steroid dienone is 3. The Morgan fingerprint density at radius 1 is 1.11 bits per heavy atom. The van der Waals surface area contributed by atoms with E-state index in [4.69, 9.17) is 14.2 Å². The fourth-order valence-electron chi connectivity index (χ4n) is 8.69. The lowest BCUT2D eigenvalue weighted by molar-refractivity contribution is -0.0883. The highest BCUT2D eigenvalue weighted by atomic mass is 127. The third-order valence-corrected chi connectivity index (χ3v) is 12.5. The number of rotatable bonds is 10. The van der Waals surface area contributed by atoms with Crippen molar-refractivity contribution in [2.24, 2.45) is 46.3 Å². The van der Waals surface area contributed by atoms with Crippen molar-refractivity contribution < 1.29 is 14.2 Å². The molecule has 0 amide bonds. The maximum Gasteiger partial charge on any atom is 0.146 e. The lowest BCUT2D eigenvalue weighted by Gasteiger charge is -2.50. The smallest absolute Gasteiger partial charge is 0.146 e. The van der Waals surface area contributed by atoms with E-state index in [0.717, 1.165) is 18.3 Å². The molecule has 0 bridgehead atoms. The number of hydrogen-bond donors (Lipinski definition) is 0. The number of halogens is 1. The minimum atomic E-state index is -1.11. The molecular weight excluding hydrogens is 599 g/mol. The van der Waals surface area contributed by atoms with Crippen molar-refractivity contribution in [1.29, 1.82) is 0 Å². The summed E-state index contributed by atoms with van der Waals surface area (Å²) in [6.45, 7) is 25.5. The van der Waals surface area contributed by atoms with Crippen LogP contribution in [0.25, 0.3) is 0 Å². The van der Waals surface area contributed by atoms with Gasteiger partial charge in [-0.2, -0.15) is 0 Å². The highest BCUT2D eigenvalue weighted by Gasteiger charge is 2.66. The number of hydrogen-bond acceptors (Lipinski definition) is 3. The number of fused-ring (bicyclic) bond motifs is 3. The minimum absolute atomic E-state index is 0.143. The zero-order valence-electron chi connectivity index (χ0n) is 25.1. The monoisotopic (exact) mass is 650 g/mol. The molecule has 3 nitrogen and oxygen atoms in total. The first-order chi connectivity index (χ1) is 17.8. The van der Waals surface area contributed by atoms with Gasteiger partial charge in [-0.15, -0.1) is 6.58 Å². The SMILES string of the molecule is C=C[C@]1(C)C=C(C)[C@H]2[C@@H]([C@@H](Oc3ccc(I)cc3)[C@H]3[C@H](C)C[C@H](C)C[C@@]32C)[C@@H]1COCOCC[Si](C)(C)C. The number of ether oxygens (including phenoxy) is 3. The molecule has 3 aliphatic carbocycles. The maximum absolute atomic E-state index is 7.09. The van der Waals surface area contributed by atoms with Crippen molar-refractivity contribution in [1.82, 2.24) is 0 Å². The summed E-state index contributed by atoms with van der Waals surface area (Å²) in [4.78, 5) is 0. The van der Waals surface area contributed by atoms with E-state index in [2.05, 4.69) is 120 Å². The molecule has 0 radical (unpaired) electrons. The van der Waals surface area contributed by atoms with Gasteiger partial charge in [0.25, 0.3) is 0 Å².